The van der Waals surface area contributed by atoms with E-state index in [-0.39, 0.29) is 22.9 Å². The van der Waals surface area contributed by atoms with E-state index in [2.05, 4.69) is 20.5 Å². The van der Waals surface area contributed by atoms with Gasteiger partial charge in [-0.05, 0) is 36.5 Å². The first-order valence-corrected chi connectivity index (χ1v) is 12.3. The number of nitrogens with one attached hydrogen (secondary N) is 1. The Labute approximate surface area is 182 Å². The number of carbonyl (C=O) groups excluding carboxylic acids is 1. The largest absolute Gasteiger partial charge is 0.366 e. The molecule has 0 saturated heterocycles. The number of nitroso groups, excluding NO2 is 1. The van der Waals surface area contributed by atoms with E-state index in [1.54, 1.807) is 25.1 Å². The number of nitrogens with zero attached hydrogens (tertiary/aromatic N) is 3. The zero-order chi connectivity index (χ0) is 22.6. The van der Waals surface area contributed by atoms with Crippen molar-refractivity contribution in [3.05, 3.63) is 52.3 Å². The van der Waals surface area contributed by atoms with Gasteiger partial charge in [0.1, 0.15) is 17.1 Å². The van der Waals surface area contributed by atoms with Gasteiger partial charge in [-0.1, -0.05) is 43.0 Å². The topological polar surface area (TPSA) is 118 Å². The molecule has 1 aliphatic carbocycles. The molecule has 1 heterocycles. The molecular formula is C22H28N4O4S. The minimum Gasteiger partial charge on any atom is -0.366 e. The lowest BCUT2D eigenvalue weighted by molar-refractivity contribution is 0.101. The zero-order valence-electron chi connectivity index (χ0n) is 18.1. The van der Waals surface area contributed by atoms with Crippen LogP contribution in [0.2, 0.25) is 0 Å². The van der Waals surface area contributed by atoms with Crippen molar-refractivity contribution in [3.63, 3.8) is 0 Å². The number of carbonyl (C=O) groups is 1. The van der Waals surface area contributed by atoms with Crippen molar-refractivity contribution in [1.29, 1.82) is 0 Å². The maximum atomic E-state index is 12.3. The van der Waals surface area contributed by atoms with Crippen LogP contribution >= 0.6 is 0 Å². The van der Waals surface area contributed by atoms with E-state index in [1.807, 2.05) is 0 Å². The molecule has 1 N–H and O–H groups in total. The molecule has 1 aliphatic rings. The number of hydrogen-bond acceptors (Lipinski definition) is 8. The Morgan fingerprint density at radius 3 is 2.45 bits per heavy atom. The lowest BCUT2D eigenvalue weighted by atomic mass is 9.80. The molecule has 1 fully saturated rings. The Morgan fingerprint density at radius 1 is 1.23 bits per heavy atom. The van der Waals surface area contributed by atoms with Crippen molar-refractivity contribution < 1.29 is 13.2 Å². The number of sulfone groups is 1. The van der Waals surface area contributed by atoms with Gasteiger partial charge >= 0.3 is 0 Å². The summed E-state index contributed by atoms with van der Waals surface area (Å²) in [7, 11) is -3.36. The van der Waals surface area contributed by atoms with Gasteiger partial charge < -0.3 is 5.32 Å². The van der Waals surface area contributed by atoms with Crippen LogP contribution < -0.4 is 5.32 Å². The molecule has 1 unspecified atom stereocenters. The quantitative estimate of drug-likeness (QED) is 0.458. The van der Waals surface area contributed by atoms with Gasteiger partial charge in [-0.2, -0.15) is 0 Å². The lowest BCUT2D eigenvalue weighted by Gasteiger charge is -2.30. The fourth-order valence-corrected chi connectivity index (χ4v) is 5.26. The highest BCUT2D eigenvalue weighted by molar-refractivity contribution is 7.90. The molecule has 0 amide bonds. The number of rotatable bonds is 9. The molecule has 3 rings (SSSR count). The first-order valence-electron chi connectivity index (χ1n) is 10.4. The number of Topliss-reactive ketones (excluding diaryl/α,β-unsaturated/α-hetero) is 1. The summed E-state index contributed by atoms with van der Waals surface area (Å²) in [5, 5.41) is 6.73. The van der Waals surface area contributed by atoms with Gasteiger partial charge in [-0.3, -0.25) is 4.79 Å². The average Bonchev–Trinajstić information content (AvgIpc) is 3.23. The molecule has 2 aromatic rings. The summed E-state index contributed by atoms with van der Waals surface area (Å²) in [5.74, 6) is 0.639. The number of benzene rings is 1. The zero-order valence-corrected chi connectivity index (χ0v) is 18.9. The Balaban J connectivity index is 1.93. The van der Waals surface area contributed by atoms with E-state index >= 15 is 0 Å². The van der Waals surface area contributed by atoms with Crippen LogP contribution in [-0.4, -0.2) is 37.0 Å². The fourth-order valence-electron chi connectivity index (χ4n) is 4.30. The smallest absolute Gasteiger partial charge is 0.179 e. The number of hydrogen-bond donors (Lipinski definition) is 1. The van der Waals surface area contributed by atoms with Crippen molar-refractivity contribution in [2.24, 2.45) is 11.1 Å². The van der Waals surface area contributed by atoms with Gasteiger partial charge in [-0.25, -0.2) is 18.4 Å². The highest BCUT2D eigenvalue weighted by Gasteiger charge is 2.38. The third-order valence-corrected chi connectivity index (χ3v) is 7.22. The van der Waals surface area contributed by atoms with Gasteiger partial charge in [0.25, 0.3) is 0 Å². The predicted molar refractivity (Wildman–Crippen MR) is 119 cm³/mol. The number of aryl methyl sites for hydroxylation is 1. The van der Waals surface area contributed by atoms with E-state index in [0.29, 0.717) is 29.3 Å². The van der Waals surface area contributed by atoms with E-state index in [4.69, 9.17) is 0 Å². The van der Waals surface area contributed by atoms with Gasteiger partial charge in [0.15, 0.2) is 15.6 Å². The van der Waals surface area contributed by atoms with Crippen LogP contribution in [0.15, 0.2) is 40.7 Å². The van der Waals surface area contributed by atoms with Crippen LogP contribution in [0.1, 0.15) is 60.6 Å². The molecule has 166 valence electrons. The first-order chi connectivity index (χ1) is 14.6. The van der Waals surface area contributed by atoms with Gasteiger partial charge in [0, 0.05) is 19.7 Å². The summed E-state index contributed by atoms with van der Waals surface area (Å²) >= 11 is 0. The number of anilines is 1. The molecule has 9 heteroatoms. The molecule has 1 aromatic heterocycles. The molecule has 31 heavy (non-hydrogen) atoms. The second-order valence-electron chi connectivity index (χ2n) is 8.43. The van der Waals surface area contributed by atoms with E-state index in [0.717, 1.165) is 25.7 Å². The SMILES string of the molecule is CC(=O)c1cnc(NCC(CC2CCCC2)(N=O)c2ccc(S(C)(=O)=O)c(C)c2)cn1. The highest BCUT2D eigenvalue weighted by Crippen LogP contribution is 2.40. The Bertz CT molecular complexity index is 1060. The number of ketones is 1. The fraction of sp³-hybridized carbons (Fsp3) is 0.500. The van der Waals surface area contributed by atoms with Crippen molar-refractivity contribution in [3.8, 4) is 0 Å². The van der Waals surface area contributed by atoms with Crippen molar-refractivity contribution >= 4 is 21.4 Å². The molecule has 0 aliphatic heterocycles. The second-order valence-corrected chi connectivity index (χ2v) is 10.4. The second kappa shape index (κ2) is 9.21. The molecule has 0 bridgehead atoms. The monoisotopic (exact) mass is 444 g/mol. The van der Waals surface area contributed by atoms with E-state index < -0.39 is 15.4 Å². The molecule has 1 aromatic carbocycles. The highest BCUT2D eigenvalue weighted by atomic mass is 32.2. The summed E-state index contributed by atoms with van der Waals surface area (Å²) in [6.45, 7) is 3.34. The maximum absolute atomic E-state index is 12.3. The summed E-state index contributed by atoms with van der Waals surface area (Å²) in [5.41, 5.74) is 0.463. The predicted octanol–water partition coefficient (Wildman–Crippen LogP) is 4.05. The van der Waals surface area contributed by atoms with Crippen molar-refractivity contribution in [2.45, 2.75) is 56.4 Å². The van der Waals surface area contributed by atoms with Gasteiger partial charge in [0.2, 0.25) is 0 Å². The summed E-state index contributed by atoms with van der Waals surface area (Å²) in [6.07, 6.45) is 8.95. The minimum atomic E-state index is -3.36. The first kappa shape index (κ1) is 23.0. The minimum absolute atomic E-state index is 0.175. The van der Waals surface area contributed by atoms with Gasteiger partial charge in [-0.15, -0.1) is 4.91 Å². The summed E-state index contributed by atoms with van der Waals surface area (Å²) in [6, 6.07) is 4.99. The maximum Gasteiger partial charge on any atom is 0.179 e. The Kier molecular flexibility index (Phi) is 6.83. The Hall–Kier alpha value is -2.68. The van der Waals surface area contributed by atoms with Crippen LogP contribution in [0.4, 0.5) is 5.82 Å². The van der Waals surface area contributed by atoms with Crippen molar-refractivity contribution in [1.82, 2.24) is 9.97 Å². The van der Waals surface area contributed by atoms with Gasteiger partial charge in [0.05, 0.1) is 17.3 Å². The molecule has 0 radical (unpaired) electrons. The molecular weight excluding hydrogens is 416 g/mol. The summed E-state index contributed by atoms with van der Waals surface area (Å²) < 4.78 is 24.0. The molecule has 8 nitrogen and oxygen atoms in total. The van der Waals surface area contributed by atoms with Crippen LogP contribution in [-0.2, 0) is 15.4 Å². The van der Waals surface area contributed by atoms with Crippen LogP contribution in [0.3, 0.4) is 0 Å². The molecule has 1 atom stereocenters. The number of aromatic nitrogens is 2. The van der Waals surface area contributed by atoms with Crippen LogP contribution in [0.25, 0.3) is 0 Å². The third kappa shape index (κ3) is 5.33. The molecule has 1 saturated carbocycles. The summed E-state index contributed by atoms with van der Waals surface area (Å²) in [4.78, 5) is 32.2. The lowest BCUT2D eigenvalue weighted by Crippen LogP contribution is -2.34. The average molecular weight is 445 g/mol. The molecule has 0 spiro atoms. The third-order valence-electron chi connectivity index (χ3n) is 5.96. The Morgan fingerprint density at radius 2 is 1.94 bits per heavy atom. The van der Waals surface area contributed by atoms with Crippen LogP contribution in [0, 0.1) is 17.7 Å². The van der Waals surface area contributed by atoms with E-state index in [9.17, 15) is 18.1 Å². The standard InChI is InChI=1S/C22H28N4O4S/c1-15-10-18(8-9-20(15)31(3,29)30)22(26-28,11-17-6-4-5-7-17)14-25-21-13-23-19(12-24-21)16(2)27/h8-10,12-13,17H,4-7,11,14H2,1-3H3,(H,24,25). The van der Waals surface area contributed by atoms with E-state index in [1.165, 1.54) is 25.6 Å². The normalized spacial score (nSPS) is 16.6. The van der Waals surface area contributed by atoms with Crippen LogP contribution in [0.5, 0.6) is 0 Å². The van der Waals surface area contributed by atoms with Crippen molar-refractivity contribution in [2.75, 3.05) is 18.1 Å².